The predicted octanol–water partition coefficient (Wildman–Crippen LogP) is 2.24. The van der Waals surface area contributed by atoms with Gasteiger partial charge in [0.05, 0.1) is 26.4 Å². The fourth-order valence-corrected chi connectivity index (χ4v) is 2.28. The van der Waals surface area contributed by atoms with E-state index in [-0.39, 0.29) is 12.6 Å². The molecule has 0 spiro atoms. The molecule has 5 nitrogen and oxygen atoms in total. The standard InChI is InChI=1S/C16H31NO4/c1-2-3-4-5-6-7-11-21-16(18)15-20-14-10-17-8-12-19-13-9-17/h2-15H2,1H3. The van der Waals surface area contributed by atoms with Gasteiger partial charge in [0.2, 0.25) is 0 Å². The van der Waals surface area contributed by atoms with E-state index in [4.69, 9.17) is 14.2 Å². The van der Waals surface area contributed by atoms with E-state index in [2.05, 4.69) is 11.8 Å². The van der Waals surface area contributed by atoms with Crippen LogP contribution < -0.4 is 0 Å². The van der Waals surface area contributed by atoms with E-state index in [1.807, 2.05) is 0 Å². The Bertz CT molecular complexity index is 255. The molecular formula is C16H31NO4. The van der Waals surface area contributed by atoms with Crippen LogP contribution in [0.5, 0.6) is 0 Å². The molecule has 124 valence electrons. The molecule has 0 amide bonds. The van der Waals surface area contributed by atoms with E-state index < -0.39 is 0 Å². The molecule has 0 aromatic heterocycles. The molecule has 5 heteroatoms. The van der Waals surface area contributed by atoms with E-state index in [1.165, 1.54) is 25.7 Å². The predicted molar refractivity (Wildman–Crippen MR) is 82.4 cm³/mol. The van der Waals surface area contributed by atoms with Gasteiger partial charge < -0.3 is 14.2 Å². The zero-order valence-corrected chi connectivity index (χ0v) is 13.5. The maximum atomic E-state index is 11.4. The lowest BCUT2D eigenvalue weighted by molar-refractivity contribution is -0.149. The first-order chi connectivity index (χ1) is 10.3. The van der Waals surface area contributed by atoms with Crippen LogP contribution >= 0.6 is 0 Å². The summed E-state index contributed by atoms with van der Waals surface area (Å²) in [6.45, 7) is 7.72. The van der Waals surface area contributed by atoms with Crippen molar-refractivity contribution in [2.75, 3.05) is 52.7 Å². The number of nitrogens with zero attached hydrogens (tertiary/aromatic N) is 1. The van der Waals surface area contributed by atoms with Gasteiger partial charge >= 0.3 is 5.97 Å². The minimum Gasteiger partial charge on any atom is -0.464 e. The second kappa shape index (κ2) is 13.0. The van der Waals surface area contributed by atoms with Gasteiger partial charge in [-0.15, -0.1) is 0 Å². The van der Waals surface area contributed by atoms with Crippen LogP contribution in [0, 0.1) is 0 Å². The van der Waals surface area contributed by atoms with Crippen LogP contribution in [0.3, 0.4) is 0 Å². The maximum absolute atomic E-state index is 11.4. The molecule has 0 unspecified atom stereocenters. The summed E-state index contributed by atoms with van der Waals surface area (Å²) in [7, 11) is 0. The summed E-state index contributed by atoms with van der Waals surface area (Å²) in [5.41, 5.74) is 0. The zero-order chi connectivity index (χ0) is 15.2. The quantitative estimate of drug-likeness (QED) is 0.409. The zero-order valence-electron chi connectivity index (χ0n) is 13.5. The van der Waals surface area contributed by atoms with Crippen molar-refractivity contribution >= 4 is 5.97 Å². The Morgan fingerprint density at radius 1 is 1.05 bits per heavy atom. The van der Waals surface area contributed by atoms with Gasteiger partial charge in [0.25, 0.3) is 0 Å². The van der Waals surface area contributed by atoms with Crippen LogP contribution in [0.1, 0.15) is 45.4 Å². The molecule has 1 rings (SSSR count). The molecule has 0 N–H and O–H groups in total. The second-order valence-corrected chi connectivity index (χ2v) is 5.49. The number of esters is 1. The number of hydrogen-bond acceptors (Lipinski definition) is 5. The SMILES string of the molecule is CCCCCCCCOC(=O)COCCN1CCOCC1. The maximum Gasteiger partial charge on any atom is 0.332 e. The number of unbranched alkanes of at least 4 members (excludes halogenated alkanes) is 5. The third-order valence-corrected chi connectivity index (χ3v) is 3.64. The normalized spacial score (nSPS) is 16.0. The number of carbonyl (C=O) groups excluding carboxylic acids is 1. The lowest BCUT2D eigenvalue weighted by atomic mass is 10.1. The van der Waals surface area contributed by atoms with Gasteiger partial charge in [0.1, 0.15) is 6.61 Å². The van der Waals surface area contributed by atoms with Gasteiger partial charge in [-0.25, -0.2) is 4.79 Å². The van der Waals surface area contributed by atoms with Gasteiger partial charge in [0.15, 0.2) is 0 Å². The molecule has 21 heavy (non-hydrogen) atoms. The molecule has 1 heterocycles. The molecule has 1 fully saturated rings. The van der Waals surface area contributed by atoms with Crippen LogP contribution in [0.2, 0.25) is 0 Å². The fraction of sp³-hybridized carbons (Fsp3) is 0.938. The van der Waals surface area contributed by atoms with E-state index in [9.17, 15) is 4.79 Å². The summed E-state index contributed by atoms with van der Waals surface area (Å²) < 4.78 is 15.8. The molecular weight excluding hydrogens is 270 g/mol. The Morgan fingerprint density at radius 2 is 1.76 bits per heavy atom. The van der Waals surface area contributed by atoms with Gasteiger partial charge in [-0.2, -0.15) is 0 Å². The molecule has 0 atom stereocenters. The Balaban J connectivity index is 1.82. The first-order valence-corrected chi connectivity index (χ1v) is 8.36. The summed E-state index contributed by atoms with van der Waals surface area (Å²) in [6.07, 6.45) is 7.19. The minimum absolute atomic E-state index is 0.0696. The molecule has 1 saturated heterocycles. The molecule has 0 aromatic rings. The Labute approximate surface area is 128 Å². The highest BCUT2D eigenvalue weighted by Gasteiger charge is 2.10. The van der Waals surface area contributed by atoms with E-state index in [1.54, 1.807) is 0 Å². The second-order valence-electron chi connectivity index (χ2n) is 5.49. The third kappa shape index (κ3) is 10.7. The minimum atomic E-state index is -0.245. The largest absolute Gasteiger partial charge is 0.464 e. The highest BCUT2D eigenvalue weighted by atomic mass is 16.6. The van der Waals surface area contributed by atoms with E-state index in [0.717, 1.165) is 45.7 Å². The Kier molecular flexibility index (Phi) is 11.4. The van der Waals surface area contributed by atoms with Gasteiger partial charge in [-0.3, -0.25) is 4.90 Å². The topological polar surface area (TPSA) is 48.0 Å². The van der Waals surface area contributed by atoms with Crippen LogP contribution in [0.25, 0.3) is 0 Å². The summed E-state index contributed by atoms with van der Waals surface area (Å²) >= 11 is 0. The number of ether oxygens (including phenoxy) is 3. The van der Waals surface area contributed by atoms with Crippen molar-refractivity contribution in [2.24, 2.45) is 0 Å². The van der Waals surface area contributed by atoms with Crippen molar-refractivity contribution in [1.82, 2.24) is 4.90 Å². The molecule has 0 saturated carbocycles. The van der Waals surface area contributed by atoms with E-state index in [0.29, 0.717) is 13.2 Å². The number of carbonyl (C=O) groups is 1. The summed E-state index contributed by atoms with van der Waals surface area (Å²) in [6, 6.07) is 0. The van der Waals surface area contributed by atoms with Gasteiger partial charge in [0, 0.05) is 19.6 Å². The third-order valence-electron chi connectivity index (χ3n) is 3.64. The van der Waals surface area contributed by atoms with Crippen molar-refractivity contribution in [3.05, 3.63) is 0 Å². The highest BCUT2D eigenvalue weighted by Crippen LogP contribution is 2.05. The lowest BCUT2D eigenvalue weighted by Crippen LogP contribution is -2.38. The first-order valence-electron chi connectivity index (χ1n) is 8.36. The Morgan fingerprint density at radius 3 is 2.52 bits per heavy atom. The van der Waals surface area contributed by atoms with Crippen molar-refractivity contribution in [3.8, 4) is 0 Å². The smallest absolute Gasteiger partial charge is 0.332 e. The van der Waals surface area contributed by atoms with Crippen LogP contribution in [0.4, 0.5) is 0 Å². The van der Waals surface area contributed by atoms with Crippen molar-refractivity contribution in [1.29, 1.82) is 0 Å². The fourth-order valence-electron chi connectivity index (χ4n) is 2.28. The van der Waals surface area contributed by atoms with Crippen LogP contribution in [-0.4, -0.2) is 63.5 Å². The highest BCUT2D eigenvalue weighted by molar-refractivity contribution is 5.70. The number of rotatable bonds is 12. The monoisotopic (exact) mass is 301 g/mol. The van der Waals surface area contributed by atoms with Crippen LogP contribution in [-0.2, 0) is 19.0 Å². The summed E-state index contributed by atoms with van der Waals surface area (Å²) in [5, 5.41) is 0. The summed E-state index contributed by atoms with van der Waals surface area (Å²) in [5.74, 6) is -0.245. The van der Waals surface area contributed by atoms with Crippen molar-refractivity contribution < 1.29 is 19.0 Å². The van der Waals surface area contributed by atoms with Gasteiger partial charge in [-0.1, -0.05) is 39.0 Å². The van der Waals surface area contributed by atoms with Crippen molar-refractivity contribution in [2.45, 2.75) is 45.4 Å². The first kappa shape index (κ1) is 18.4. The van der Waals surface area contributed by atoms with Crippen LogP contribution in [0.15, 0.2) is 0 Å². The average molecular weight is 301 g/mol. The molecule has 0 aromatic carbocycles. The van der Waals surface area contributed by atoms with E-state index >= 15 is 0 Å². The molecule has 1 aliphatic heterocycles. The number of hydrogen-bond donors (Lipinski definition) is 0. The lowest BCUT2D eigenvalue weighted by Gasteiger charge is -2.26. The average Bonchev–Trinajstić information content (AvgIpc) is 2.52. The molecule has 1 aliphatic rings. The van der Waals surface area contributed by atoms with Gasteiger partial charge in [-0.05, 0) is 6.42 Å². The summed E-state index contributed by atoms with van der Waals surface area (Å²) in [4.78, 5) is 13.7. The molecule has 0 aliphatic carbocycles. The molecule has 0 bridgehead atoms. The number of morpholine rings is 1. The molecule has 0 radical (unpaired) electrons. The Hall–Kier alpha value is -0.650. The van der Waals surface area contributed by atoms with Crippen molar-refractivity contribution in [3.63, 3.8) is 0 Å².